The molecule has 0 aliphatic rings. The third kappa shape index (κ3) is 9.16. The molecule has 0 unspecified atom stereocenters. The molecule has 0 spiro atoms. The maximum Gasteiger partial charge on any atom is 0.338 e. The summed E-state index contributed by atoms with van der Waals surface area (Å²) >= 11 is 0. The van der Waals surface area contributed by atoms with Crippen LogP contribution in [0.5, 0.6) is 0 Å². The van der Waals surface area contributed by atoms with Gasteiger partial charge in [0, 0.05) is 0 Å². The van der Waals surface area contributed by atoms with E-state index in [1.165, 1.54) is 12.1 Å². The molecule has 0 atom stereocenters. The Balaban J connectivity index is 1.15. The van der Waals surface area contributed by atoms with Gasteiger partial charge in [0.1, 0.15) is 13.2 Å². The molecule has 0 N–H and O–H groups in total. The fourth-order valence-corrected chi connectivity index (χ4v) is 3.86. The van der Waals surface area contributed by atoms with Gasteiger partial charge in [-0.2, -0.15) is 0 Å². The van der Waals surface area contributed by atoms with E-state index in [1.54, 1.807) is 36.4 Å². The second-order valence-electron chi connectivity index (χ2n) is 9.26. The van der Waals surface area contributed by atoms with Crippen molar-refractivity contribution in [3.05, 3.63) is 143 Å². The van der Waals surface area contributed by atoms with Crippen LogP contribution in [0.25, 0.3) is 0 Å². The summed E-state index contributed by atoms with van der Waals surface area (Å²) in [5.41, 5.74) is 2.69. The molecule has 0 saturated heterocycles. The average molecular weight is 567 g/mol. The lowest BCUT2D eigenvalue weighted by atomic mass is 10.1. The number of unbranched alkanes of at least 4 members (excludes halogenated alkanes) is 1. The van der Waals surface area contributed by atoms with Gasteiger partial charge in [0.2, 0.25) is 0 Å². The van der Waals surface area contributed by atoms with E-state index in [2.05, 4.69) is 0 Å². The van der Waals surface area contributed by atoms with Crippen molar-refractivity contribution in [1.82, 2.24) is 0 Å². The SMILES string of the molecule is O=C(OCCCCOC(=O)c1cccc(C(=O)OCc2ccccc2)c1)c1cccc(C(=O)OCc2ccccc2)c1. The lowest BCUT2D eigenvalue weighted by molar-refractivity contribution is 0.0429. The minimum absolute atomic E-state index is 0.113. The van der Waals surface area contributed by atoms with Crippen LogP contribution in [0, 0.1) is 0 Å². The van der Waals surface area contributed by atoms with E-state index in [0.29, 0.717) is 12.8 Å². The normalized spacial score (nSPS) is 10.4. The monoisotopic (exact) mass is 566 g/mol. The number of hydrogen-bond acceptors (Lipinski definition) is 8. The second-order valence-corrected chi connectivity index (χ2v) is 9.26. The first-order valence-corrected chi connectivity index (χ1v) is 13.5. The fraction of sp³-hybridized carbons (Fsp3) is 0.176. The van der Waals surface area contributed by atoms with Crippen LogP contribution in [0.3, 0.4) is 0 Å². The summed E-state index contributed by atoms with van der Waals surface area (Å²) in [6, 6.07) is 30.9. The molecule has 8 nitrogen and oxygen atoms in total. The maximum absolute atomic E-state index is 12.4. The molecule has 0 aliphatic heterocycles. The number of benzene rings is 4. The molecule has 214 valence electrons. The maximum atomic E-state index is 12.4. The molecule has 0 amide bonds. The molecule has 4 aromatic carbocycles. The second kappa shape index (κ2) is 15.5. The molecule has 4 aromatic rings. The minimum atomic E-state index is -0.569. The third-order valence-corrected chi connectivity index (χ3v) is 6.10. The van der Waals surface area contributed by atoms with Crippen molar-refractivity contribution in [1.29, 1.82) is 0 Å². The van der Waals surface area contributed by atoms with Crippen LogP contribution in [0.15, 0.2) is 109 Å². The van der Waals surface area contributed by atoms with E-state index >= 15 is 0 Å². The van der Waals surface area contributed by atoms with E-state index in [-0.39, 0.29) is 48.7 Å². The molecule has 0 aromatic heterocycles. The number of hydrogen-bond donors (Lipinski definition) is 0. The van der Waals surface area contributed by atoms with Gasteiger partial charge in [0.15, 0.2) is 0 Å². The van der Waals surface area contributed by atoms with E-state index in [0.717, 1.165) is 11.1 Å². The largest absolute Gasteiger partial charge is 0.462 e. The third-order valence-electron chi connectivity index (χ3n) is 6.10. The summed E-state index contributed by atoms with van der Waals surface area (Å²) in [7, 11) is 0. The fourth-order valence-electron chi connectivity index (χ4n) is 3.86. The Morgan fingerprint density at radius 3 is 1.10 bits per heavy atom. The number of carbonyl (C=O) groups excluding carboxylic acids is 4. The number of esters is 4. The summed E-state index contributed by atoms with van der Waals surface area (Å²) in [4.78, 5) is 49.6. The Hall–Kier alpha value is -5.24. The molecule has 0 saturated carbocycles. The van der Waals surface area contributed by atoms with Gasteiger partial charge < -0.3 is 18.9 Å². The molecule has 0 heterocycles. The van der Waals surface area contributed by atoms with Crippen molar-refractivity contribution in [2.75, 3.05) is 13.2 Å². The number of rotatable bonds is 13. The highest BCUT2D eigenvalue weighted by Gasteiger charge is 2.14. The van der Waals surface area contributed by atoms with Crippen LogP contribution in [-0.4, -0.2) is 37.1 Å². The van der Waals surface area contributed by atoms with Crippen molar-refractivity contribution < 1.29 is 38.1 Å². The topological polar surface area (TPSA) is 105 Å². The number of ether oxygens (including phenoxy) is 4. The van der Waals surface area contributed by atoms with Crippen molar-refractivity contribution in [2.45, 2.75) is 26.1 Å². The van der Waals surface area contributed by atoms with Gasteiger partial charge in [-0.15, -0.1) is 0 Å². The molecule has 0 bridgehead atoms. The van der Waals surface area contributed by atoms with Crippen LogP contribution < -0.4 is 0 Å². The highest BCUT2D eigenvalue weighted by Crippen LogP contribution is 2.12. The van der Waals surface area contributed by atoms with Crippen LogP contribution >= 0.6 is 0 Å². The molecule has 8 heteroatoms. The molecule has 0 radical (unpaired) electrons. The first-order valence-electron chi connectivity index (χ1n) is 13.5. The van der Waals surface area contributed by atoms with Gasteiger partial charge in [-0.05, 0) is 60.4 Å². The Morgan fingerprint density at radius 2 is 0.738 bits per heavy atom. The van der Waals surface area contributed by atoms with Crippen LogP contribution in [0.2, 0.25) is 0 Å². The van der Waals surface area contributed by atoms with Gasteiger partial charge in [-0.1, -0.05) is 72.8 Å². The van der Waals surface area contributed by atoms with Crippen molar-refractivity contribution in [3.8, 4) is 0 Å². The summed E-state index contributed by atoms with van der Waals surface area (Å²) < 4.78 is 21.2. The summed E-state index contributed by atoms with van der Waals surface area (Å²) in [5.74, 6) is -2.21. The first-order chi connectivity index (χ1) is 20.5. The highest BCUT2D eigenvalue weighted by atomic mass is 16.5. The van der Waals surface area contributed by atoms with Crippen molar-refractivity contribution in [3.63, 3.8) is 0 Å². The Morgan fingerprint density at radius 1 is 0.405 bits per heavy atom. The van der Waals surface area contributed by atoms with Gasteiger partial charge in [0.25, 0.3) is 0 Å². The summed E-state index contributed by atoms with van der Waals surface area (Å²) in [6.07, 6.45) is 0.924. The number of carbonyl (C=O) groups is 4. The molecule has 0 fully saturated rings. The predicted octanol–water partition coefficient (Wildman–Crippen LogP) is 6.19. The van der Waals surface area contributed by atoms with Crippen molar-refractivity contribution >= 4 is 23.9 Å². The van der Waals surface area contributed by atoms with E-state index in [1.807, 2.05) is 60.7 Å². The van der Waals surface area contributed by atoms with Gasteiger partial charge in [-0.3, -0.25) is 0 Å². The van der Waals surface area contributed by atoms with Crippen LogP contribution in [-0.2, 0) is 32.2 Å². The van der Waals surface area contributed by atoms with Gasteiger partial charge in [-0.25, -0.2) is 19.2 Å². The Kier molecular flexibility index (Phi) is 11.0. The summed E-state index contributed by atoms with van der Waals surface area (Å²) in [6.45, 7) is 0.487. The zero-order valence-corrected chi connectivity index (χ0v) is 22.9. The van der Waals surface area contributed by atoms with Gasteiger partial charge in [0.05, 0.1) is 35.5 Å². The zero-order valence-electron chi connectivity index (χ0n) is 22.9. The molecule has 0 aliphatic carbocycles. The summed E-state index contributed by atoms with van der Waals surface area (Å²) in [5, 5.41) is 0. The average Bonchev–Trinajstić information content (AvgIpc) is 3.05. The quantitative estimate of drug-likeness (QED) is 0.107. The van der Waals surface area contributed by atoms with E-state index in [4.69, 9.17) is 18.9 Å². The lowest BCUT2D eigenvalue weighted by Gasteiger charge is -2.09. The molecular weight excluding hydrogens is 536 g/mol. The van der Waals surface area contributed by atoms with Crippen LogP contribution in [0.1, 0.15) is 65.4 Å². The van der Waals surface area contributed by atoms with Crippen LogP contribution in [0.4, 0.5) is 0 Å². The molecule has 42 heavy (non-hydrogen) atoms. The van der Waals surface area contributed by atoms with E-state index in [9.17, 15) is 19.2 Å². The zero-order chi connectivity index (χ0) is 29.6. The lowest BCUT2D eigenvalue weighted by Crippen LogP contribution is -2.11. The standard InChI is InChI=1S/C34H30O8/c35-31(27-15-9-17-29(21-27)33(37)41-23-25-11-3-1-4-12-25)39-19-7-8-20-40-32(36)28-16-10-18-30(22-28)34(38)42-24-26-13-5-2-6-14-26/h1-6,9-18,21-22H,7-8,19-20,23-24H2. The molecular formula is C34H30O8. The minimum Gasteiger partial charge on any atom is -0.462 e. The predicted molar refractivity (Wildman–Crippen MR) is 154 cm³/mol. The van der Waals surface area contributed by atoms with Gasteiger partial charge >= 0.3 is 23.9 Å². The molecule has 4 rings (SSSR count). The van der Waals surface area contributed by atoms with Crippen molar-refractivity contribution in [2.24, 2.45) is 0 Å². The Bertz CT molecular complexity index is 1380. The smallest absolute Gasteiger partial charge is 0.338 e. The Labute approximate surface area is 243 Å². The first kappa shape index (κ1) is 29.7. The van der Waals surface area contributed by atoms with E-state index < -0.39 is 23.9 Å². The highest BCUT2D eigenvalue weighted by molar-refractivity contribution is 5.96.